The smallest absolute Gasteiger partial charge is 0.417 e. The van der Waals surface area contributed by atoms with Crippen LogP contribution < -0.4 is 0 Å². The summed E-state index contributed by atoms with van der Waals surface area (Å²) in [4.78, 5) is 27.7. The van der Waals surface area contributed by atoms with E-state index in [0.717, 1.165) is 16.7 Å². The lowest BCUT2D eigenvalue weighted by molar-refractivity contribution is -0.133. The van der Waals surface area contributed by atoms with Crippen molar-refractivity contribution in [2.24, 2.45) is 5.92 Å². The molecule has 1 heterocycles. The number of halogens is 1. The molecule has 2 aromatic rings. The number of cyclic esters (lactones) is 1. The largest absolute Gasteiger partial charge is 0.439 e. The number of imide groups is 1. The van der Waals surface area contributed by atoms with Gasteiger partial charge in [0.1, 0.15) is 6.10 Å². The highest BCUT2D eigenvalue weighted by atomic mass is 35.5. The standard InChI is InChI=1S/C25H28ClNO3/c1-4-22-23(19-8-6-5-7-9-19)30-25(29)27(22)24(28)20(13-10-17(2)3)16-18-11-14-21(26)15-12-18/h5-12,14-15,20,22-23H,4,13,16H2,1-3H3/t20-,22-,23+/m1/s1. The molecule has 0 radical (unpaired) electrons. The van der Waals surface area contributed by atoms with Gasteiger partial charge in [0.25, 0.3) is 0 Å². The van der Waals surface area contributed by atoms with Crippen LogP contribution in [0, 0.1) is 5.92 Å². The topological polar surface area (TPSA) is 46.6 Å². The maximum atomic E-state index is 13.6. The zero-order valence-corrected chi connectivity index (χ0v) is 18.4. The molecule has 0 aliphatic carbocycles. The van der Waals surface area contributed by atoms with Crippen LogP contribution in [0.1, 0.15) is 50.8 Å². The zero-order chi connectivity index (χ0) is 21.7. The summed E-state index contributed by atoms with van der Waals surface area (Å²) in [5, 5.41) is 0.658. The van der Waals surface area contributed by atoms with Crippen molar-refractivity contribution in [3.8, 4) is 0 Å². The average molecular weight is 426 g/mol. The summed E-state index contributed by atoms with van der Waals surface area (Å²) in [6.45, 7) is 6.00. The monoisotopic (exact) mass is 425 g/mol. The summed E-state index contributed by atoms with van der Waals surface area (Å²) in [7, 11) is 0. The Balaban J connectivity index is 1.87. The molecule has 0 aromatic heterocycles. The molecule has 1 fully saturated rings. The van der Waals surface area contributed by atoms with Gasteiger partial charge in [-0.15, -0.1) is 0 Å². The van der Waals surface area contributed by atoms with Gasteiger partial charge in [-0.05, 0) is 56.4 Å². The fourth-order valence-corrected chi connectivity index (χ4v) is 3.97. The van der Waals surface area contributed by atoms with Gasteiger partial charge in [0.2, 0.25) is 5.91 Å². The Morgan fingerprint density at radius 3 is 2.40 bits per heavy atom. The molecule has 0 saturated carbocycles. The van der Waals surface area contributed by atoms with Crippen molar-refractivity contribution in [1.29, 1.82) is 0 Å². The lowest BCUT2D eigenvalue weighted by atomic mass is 9.92. The molecule has 1 saturated heterocycles. The highest BCUT2D eigenvalue weighted by Gasteiger charge is 2.46. The van der Waals surface area contributed by atoms with Gasteiger partial charge in [0.05, 0.1) is 6.04 Å². The van der Waals surface area contributed by atoms with E-state index in [0.29, 0.717) is 24.3 Å². The molecule has 1 aliphatic heterocycles. The van der Waals surface area contributed by atoms with Crippen LogP contribution in [-0.4, -0.2) is 22.9 Å². The number of allylic oxidation sites excluding steroid dienone is 2. The number of ether oxygens (including phenoxy) is 1. The predicted octanol–water partition coefficient (Wildman–Crippen LogP) is 6.35. The van der Waals surface area contributed by atoms with Crippen LogP contribution in [0.4, 0.5) is 4.79 Å². The highest BCUT2D eigenvalue weighted by molar-refractivity contribution is 6.30. The Bertz CT molecular complexity index is 904. The predicted molar refractivity (Wildman–Crippen MR) is 119 cm³/mol. The van der Waals surface area contributed by atoms with Crippen molar-refractivity contribution in [3.05, 3.63) is 82.4 Å². The zero-order valence-electron chi connectivity index (χ0n) is 17.7. The Labute approximate surface area is 183 Å². The summed E-state index contributed by atoms with van der Waals surface area (Å²) < 4.78 is 5.66. The van der Waals surface area contributed by atoms with Crippen molar-refractivity contribution in [2.75, 3.05) is 0 Å². The van der Waals surface area contributed by atoms with Crippen molar-refractivity contribution in [1.82, 2.24) is 4.90 Å². The number of benzene rings is 2. The molecule has 1 aliphatic rings. The van der Waals surface area contributed by atoms with Gasteiger partial charge in [-0.3, -0.25) is 4.79 Å². The third kappa shape index (κ3) is 5.11. The van der Waals surface area contributed by atoms with Crippen LogP contribution in [0.3, 0.4) is 0 Å². The van der Waals surface area contributed by atoms with Gasteiger partial charge in [-0.25, -0.2) is 9.69 Å². The van der Waals surface area contributed by atoms with Crippen molar-refractivity contribution < 1.29 is 14.3 Å². The summed E-state index contributed by atoms with van der Waals surface area (Å²) in [6.07, 6.45) is 2.80. The van der Waals surface area contributed by atoms with E-state index in [-0.39, 0.29) is 17.9 Å². The lowest BCUT2D eigenvalue weighted by Gasteiger charge is -2.26. The molecule has 4 nitrogen and oxygen atoms in total. The molecule has 0 N–H and O–H groups in total. The first-order valence-electron chi connectivity index (χ1n) is 10.4. The van der Waals surface area contributed by atoms with Gasteiger partial charge >= 0.3 is 6.09 Å². The Morgan fingerprint density at radius 1 is 1.13 bits per heavy atom. The van der Waals surface area contributed by atoms with Crippen LogP contribution in [0.25, 0.3) is 0 Å². The number of nitrogens with zero attached hydrogens (tertiary/aromatic N) is 1. The highest BCUT2D eigenvalue weighted by Crippen LogP contribution is 2.36. The number of carbonyl (C=O) groups excluding carboxylic acids is 2. The van der Waals surface area contributed by atoms with E-state index in [2.05, 4.69) is 6.08 Å². The van der Waals surface area contributed by atoms with Gasteiger partial charge < -0.3 is 4.74 Å². The molecule has 0 spiro atoms. The molecule has 30 heavy (non-hydrogen) atoms. The van der Waals surface area contributed by atoms with E-state index < -0.39 is 12.2 Å². The molecule has 0 unspecified atom stereocenters. The van der Waals surface area contributed by atoms with Gasteiger partial charge in [0.15, 0.2) is 0 Å². The second-order valence-corrected chi connectivity index (χ2v) is 8.38. The molecule has 3 atom stereocenters. The quantitative estimate of drug-likeness (QED) is 0.485. The third-order valence-electron chi connectivity index (χ3n) is 5.44. The lowest BCUT2D eigenvalue weighted by Crippen LogP contribution is -2.43. The molecule has 2 amide bonds. The van der Waals surface area contributed by atoms with Crippen LogP contribution in [-0.2, 0) is 16.0 Å². The second-order valence-electron chi connectivity index (χ2n) is 7.94. The Morgan fingerprint density at radius 2 is 1.80 bits per heavy atom. The van der Waals surface area contributed by atoms with Crippen molar-refractivity contribution in [3.63, 3.8) is 0 Å². The number of hydrogen-bond acceptors (Lipinski definition) is 3. The minimum atomic E-state index is -0.556. The summed E-state index contributed by atoms with van der Waals surface area (Å²) in [5.74, 6) is -0.532. The summed E-state index contributed by atoms with van der Waals surface area (Å²) in [6, 6.07) is 16.8. The number of hydrogen-bond donors (Lipinski definition) is 0. The molecule has 2 aromatic carbocycles. The first-order chi connectivity index (χ1) is 14.4. The molecule has 0 bridgehead atoms. The average Bonchev–Trinajstić information content (AvgIpc) is 3.08. The van der Waals surface area contributed by atoms with Crippen LogP contribution in [0.2, 0.25) is 5.02 Å². The van der Waals surface area contributed by atoms with E-state index in [1.807, 2.05) is 75.4 Å². The number of rotatable bonds is 7. The fraction of sp³-hybridized carbons (Fsp3) is 0.360. The van der Waals surface area contributed by atoms with E-state index >= 15 is 0 Å². The van der Waals surface area contributed by atoms with Crippen LogP contribution in [0.15, 0.2) is 66.2 Å². The van der Waals surface area contributed by atoms with Gasteiger partial charge in [-0.2, -0.15) is 0 Å². The maximum absolute atomic E-state index is 13.6. The van der Waals surface area contributed by atoms with Crippen molar-refractivity contribution >= 4 is 23.6 Å². The molecule has 3 rings (SSSR count). The minimum Gasteiger partial charge on any atom is -0.439 e. The van der Waals surface area contributed by atoms with E-state index in [4.69, 9.17) is 16.3 Å². The molecular formula is C25H28ClNO3. The fourth-order valence-electron chi connectivity index (χ4n) is 3.85. The normalized spacial score (nSPS) is 19.3. The first-order valence-corrected chi connectivity index (χ1v) is 10.7. The second kappa shape index (κ2) is 9.94. The molecular weight excluding hydrogens is 398 g/mol. The minimum absolute atomic E-state index is 0.183. The van der Waals surface area contributed by atoms with E-state index in [1.54, 1.807) is 0 Å². The SMILES string of the molecule is CC[C@@H]1[C@H](c2ccccc2)OC(=O)N1C(=O)[C@H](CC=C(C)C)Cc1ccc(Cl)cc1. The Kier molecular flexibility index (Phi) is 7.33. The molecule has 158 valence electrons. The Hall–Kier alpha value is -2.59. The number of amides is 2. The van der Waals surface area contributed by atoms with E-state index in [1.165, 1.54) is 4.90 Å². The summed E-state index contributed by atoms with van der Waals surface area (Å²) in [5.41, 5.74) is 3.06. The van der Waals surface area contributed by atoms with Crippen molar-refractivity contribution in [2.45, 2.75) is 52.2 Å². The van der Waals surface area contributed by atoms with Gasteiger partial charge in [0, 0.05) is 10.9 Å². The molecule has 5 heteroatoms. The van der Waals surface area contributed by atoms with Gasteiger partial charge in [-0.1, -0.05) is 72.6 Å². The first kappa shape index (κ1) is 22.1. The van der Waals surface area contributed by atoms with Crippen LogP contribution >= 0.6 is 11.6 Å². The third-order valence-corrected chi connectivity index (χ3v) is 5.70. The number of carbonyl (C=O) groups is 2. The van der Waals surface area contributed by atoms with E-state index in [9.17, 15) is 9.59 Å². The maximum Gasteiger partial charge on any atom is 0.417 e. The van der Waals surface area contributed by atoms with Crippen LogP contribution in [0.5, 0.6) is 0 Å². The summed E-state index contributed by atoms with van der Waals surface area (Å²) >= 11 is 6.00.